The summed E-state index contributed by atoms with van der Waals surface area (Å²) in [7, 11) is 4.56. The van der Waals surface area contributed by atoms with E-state index in [0.717, 1.165) is 0 Å². The summed E-state index contributed by atoms with van der Waals surface area (Å²) in [6.07, 6.45) is -2.08. The van der Waals surface area contributed by atoms with Gasteiger partial charge in [-0.25, -0.2) is 0 Å². The van der Waals surface area contributed by atoms with Crippen molar-refractivity contribution in [3.05, 3.63) is 0 Å². The topological polar surface area (TPSA) is 57.2 Å². The zero-order valence-corrected chi connectivity index (χ0v) is 8.10. The Kier molecular flexibility index (Phi) is 4.08. The Hall–Kier alpha value is -0.200. The van der Waals surface area contributed by atoms with Crippen molar-refractivity contribution in [1.29, 1.82) is 0 Å². The van der Waals surface area contributed by atoms with E-state index < -0.39 is 18.5 Å². The van der Waals surface area contributed by atoms with Crippen LogP contribution in [0.2, 0.25) is 0 Å². The zero-order chi connectivity index (χ0) is 9.84. The van der Waals surface area contributed by atoms with E-state index in [-0.39, 0.29) is 6.10 Å². The van der Waals surface area contributed by atoms with Crippen LogP contribution in [-0.4, -0.2) is 57.6 Å². The van der Waals surface area contributed by atoms with Gasteiger partial charge < -0.3 is 24.1 Å². The molecule has 0 aromatic rings. The van der Waals surface area contributed by atoms with Gasteiger partial charge in [-0.2, -0.15) is 0 Å². The monoisotopic (exact) mass is 192 g/mol. The van der Waals surface area contributed by atoms with Crippen molar-refractivity contribution in [2.75, 3.05) is 27.9 Å². The number of ether oxygens (including phenoxy) is 4. The maximum absolute atomic E-state index is 9.68. The van der Waals surface area contributed by atoms with Crippen LogP contribution in [0.25, 0.3) is 0 Å². The summed E-state index contributed by atoms with van der Waals surface area (Å²) in [6.45, 7) is 0.366. The molecule has 0 aromatic heterocycles. The van der Waals surface area contributed by atoms with Crippen LogP contribution in [0.3, 0.4) is 0 Å². The van der Waals surface area contributed by atoms with Crippen LogP contribution < -0.4 is 0 Å². The average molecular weight is 192 g/mol. The molecule has 1 aliphatic heterocycles. The van der Waals surface area contributed by atoms with Crippen molar-refractivity contribution in [2.24, 2.45) is 0 Å². The largest absolute Gasteiger partial charge is 0.385 e. The molecule has 1 fully saturated rings. The minimum Gasteiger partial charge on any atom is -0.385 e. The van der Waals surface area contributed by atoms with Gasteiger partial charge in [-0.1, -0.05) is 0 Å². The van der Waals surface area contributed by atoms with Gasteiger partial charge in [0.2, 0.25) is 0 Å². The first-order valence-electron chi connectivity index (χ1n) is 4.12. The highest BCUT2D eigenvalue weighted by atomic mass is 16.7. The van der Waals surface area contributed by atoms with Crippen LogP contribution in [0.15, 0.2) is 0 Å². The third kappa shape index (κ3) is 2.18. The fraction of sp³-hybridized carbons (Fsp3) is 1.00. The Morgan fingerprint density at radius 1 is 1.15 bits per heavy atom. The predicted octanol–water partition coefficient (Wildman–Crippen LogP) is -0.620. The molecule has 0 radical (unpaired) electrons. The SMILES string of the molecule is CO[C@H]1OC[C@@H](OC)[C@H](OC)[C@H]1O. The minimum absolute atomic E-state index is 0.244. The molecule has 0 spiro atoms. The zero-order valence-electron chi connectivity index (χ0n) is 8.10. The van der Waals surface area contributed by atoms with Crippen molar-refractivity contribution < 1.29 is 24.1 Å². The molecular formula is C8H16O5. The van der Waals surface area contributed by atoms with Crippen molar-refractivity contribution >= 4 is 0 Å². The first-order chi connectivity index (χ1) is 6.24. The molecule has 0 unspecified atom stereocenters. The Morgan fingerprint density at radius 2 is 1.85 bits per heavy atom. The second-order valence-electron chi connectivity index (χ2n) is 2.90. The molecule has 1 rings (SSSR count). The summed E-state index contributed by atoms with van der Waals surface area (Å²) in [5.74, 6) is 0. The van der Waals surface area contributed by atoms with Gasteiger partial charge in [0.15, 0.2) is 6.29 Å². The molecule has 1 saturated heterocycles. The van der Waals surface area contributed by atoms with E-state index in [4.69, 9.17) is 18.9 Å². The number of aliphatic hydroxyl groups excluding tert-OH is 1. The van der Waals surface area contributed by atoms with Crippen molar-refractivity contribution in [3.8, 4) is 0 Å². The summed E-state index contributed by atoms with van der Waals surface area (Å²) < 4.78 is 20.3. The number of hydrogen-bond donors (Lipinski definition) is 1. The first-order valence-corrected chi connectivity index (χ1v) is 4.12. The van der Waals surface area contributed by atoms with Crippen molar-refractivity contribution in [3.63, 3.8) is 0 Å². The van der Waals surface area contributed by atoms with E-state index in [1.54, 1.807) is 7.11 Å². The van der Waals surface area contributed by atoms with Crippen LogP contribution in [0.1, 0.15) is 0 Å². The molecule has 1 aliphatic rings. The van der Waals surface area contributed by atoms with Gasteiger partial charge in [-0.15, -0.1) is 0 Å². The lowest BCUT2D eigenvalue weighted by atomic mass is 10.1. The van der Waals surface area contributed by atoms with Gasteiger partial charge in [0.1, 0.15) is 18.3 Å². The van der Waals surface area contributed by atoms with Gasteiger partial charge in [-0.3, -0.25) is 0 Å². The third-order valence-electron chi connectivity index (χ3n) is 2.21. The lowest BCUT2D eigenvalue weighted by Gasteiger charge is -2.37. The normalized spacial score (nSPS) is 40.6. The second-order valence-corrected chi connectivity index (χ2v) is 2.90. The molecule has 1 heterocycles. The summed E-state index contributed by atoms with van der Waals surface area (Å²) >= 11 is 0. The smallest absolute Gasteiger partial charge is 0.185 e. The lowest BCUT2D eigenvalue weighted by Crippen LogP contribution is -2.54. The number of aliphatic hydroxyl groups is 1. The highest BCUT2D eigenvalue weighted by molar-refractivity contribution is 4.84. The first kappa shape index (κ1) is 10.9. The molecule has 0 aromatic carbocycles. The Balaban J connectivity index is 2.59. The summed E-state index contributed by atoms with van der Waals surface area (Å²) in [5.41, 5.74) is 0. The van der Waals surface area contributed by atoms with Crippen LogP contribution in [0, 0.1) is 0 Å². The molecule has 0 bridgehead atoms. The molecule has 5 heteroatoms. The van der Waals surface area contributed by atoms with E-state index in [2.05, 4.69) is 0 Å². The fourth-order valence-corrected chi connectivity index (χ4v) is 1.46. The second kappa shape index (κ2) is 4.88. The quantitative estimate of drug-likeness (QED) is 0.646. The molecule has 4 atom stereocenters. The average Bonchev–Trinajstić information content (AvgIpc) is 2.17. The van der Waals surface area contributed by atoms with Crippen LogP contribution in [0.5, 0.6) is 0 Å². The van der Waals surface area contributed by atoms with Gasteiger partial charge in [0.05, 0.1) is 6.61 Å². The van der Waals surface area contributed by atoms with Gasteiger partial charge in [-0.05, 0) is 0 Å². The lowest BCUT2D eigenvalue weighted by molar-refractivity contribution is -0.270. The number of hydrogen-bond acceptors (Lipinski definition) is 5. The van der Waals surface area contributed by atoms with E-state index in [0.29, 0.717) is 6.61 Å². The van der Waals surface area contributed by atoms with E-state index in [1.807, 2.05) is 0 Å². The fourth-order valence-electron chi connectivity index (χ4n) is 1.46. The maximum atomic E-state index is 9.68. The van der Waals surface area contributed by atoms with E-state index in [1.165, 1.54) is 14.2 Å². The Bertz CT molecular complexity index is 151. The molecular weight excluding hydrogens is 176 g/mol. The van der Waals surface area contributed by atoms with Crippen molar-refractivity contribution in [2.45, 2.75) is 24.6 Å². The van der Waals surface area contributed by atoms with E-state index >= 15 is 0 Å². The van der Waals surface area contributed by atoms with Crippen LogP contribution in [-0.2, 0) is 18.9 Å². The summed E-state index contributed by atoms with van der Waals surface area (Å²) in [4.78, 5) is 0. The number of methoxy groups -OCH3 is 3. The molecule has 5 nitrogen and oxygen atoms in total. The molecule has 0 saturated carbocycles. The molecule has 1 N–H and O–H groups in total. The summed E-state index contributed by atoms with van der Waals surface area (Å²) in [6, 6.07) is 0. The maximum Gasteiger partial charge on any atom is 0.185 e. The predicted molar refractivity (Wildman–Crippen MR) is 44.3 cm³/mol. The van der Waals surface area contributed by atoms with Gasteiger partial charge in [0.25, 0.3) is 0 Å². The number of rotatable bonds is 3. The highest BCUT2D eigenvalue weighted by Gasteiger charge is 2.40. The summed E-state index contributed by atoms with van der Waals surface area (Å²) in [5, 5.41) is 9.68. The van der Waals surface area contributed by atoms with Crippen molar-refractivity contribution in [1.82, 2.24) is 0 Å². The van der Waals surface area contributed by atoms with Crippen LogP contribution in [0.4, 0.5) is 0 Å². The molecule has 0 aliphatic carbocycles. The highest BCUT2D eigenvalue weighted by Crippen LogP contribution is 2.19. The Labute approximate surface area is 77.5 Å². The molecule has 0 amide bonds. The third-order valence-corrected chi connectivity index (χ3v) is 2.21. The standard InChI is InChI=1S/C8H16O5/c1-10-5-4-13-8(12-3)6(9)7(5)11-2/h5-9H,4H2,1-3H3/t5-,6-,7+,8+/m1/s1. The molecule has 78 valence electrons. The Morgan fingerprint density at radius 3 is 2.31 bits per heavy atom. The van der Waals surface area contributed by atoms with Gasteiger partial charge in [0, 0.05) is 21.3 Å². The van der Waals surface area contributed by atoms with E-state index in [9.17, 15) is 5.11 Å². The van der Waals surface area contributed by atoms with Gasteiger partial charge >= 0.3 is 0 Å². The van der Waals surface area contributed by atoms with Crippen LogP contribution >= 0.6 is 0 Å². The molecule has 13 heavy (non-hydrogen) atoms. The minimum atomic E-state index is -0.811.